The number of halogens is 10. The van der Waals surface area contributed by atoms with E-state index < -0.39 is 81.2 Å². The number of rotatable bonds is 6. The van der Waals surface area contributed by atoms with Crippen LogP contribution >= 0.6 is 0 Å². The molecular weight excluding hydrogens is 472 g/mol. The zero-order valence-corrected chi connectivity index (χ0v) is 17.0. The van der Waals surface area contributed by atoms with Crippen LogP contribution in [0, 0.1) is 58.2 Å². The molecule has 0 atom stereocenters. The molecule has 0 aliphatic heterocycles. The molecule has 3 nitrogen and oxygen atoms in total. The van der Waals surface area contributed by atoms with Crippen molar-refractivity contribution < 1.29 is 43.9 Å². The second-order valence-corrected chi connectivity index (χ2v) is 6.57. The molecule has 1 N–H and O–H groups in total. The molecule has 0 fully saturated rings. The number of aliphatic imine (C=N–C) groups is 2. The summed E-state index contributed by atoms with van der Waals surface area (Å²) in [6.45, 7) is 3.09. The van der Waals surface area contributed by atoms with Crippen molar-refractivity contribution in [2.24, 2.45) is 9.98 Å². The molecule has 0 unspecified atom stereocenters. The van der Waals surface area contributed by atoms with E-state index in [0.717, 1.165) is 0 Å². The van der Waals surface area contributed by atoms with Gasteiger partial charge in [-0.2, -0.15) is 0 Å². The maximum absolute atomic E-state index is 14.0. The van der Waals surface area contributed by atoms with E-state index in [9.17, 15) is 43.9 Å². The Labute approximate surface area is 180 Å². The molecule has 0 saturated heterocycles. The standard InChI is InChI=1S/C20H15F10N3/c1-3-5-7(32-19-15(27)11(23)9(21)12(24)16(19)28)31-8(6-4-2)33-20-17(29)13(25)10(22)14(26)18(20)30/h3-6H2,1-2H3,(H,31,32,33). The molecule has 0 bridgehead atoms. The van der Waals surface area contributed by atoms with Crippen molar-refractivity contribution in [1.82, 2.24) is 0 Å². The molecule has 13 heteroatoms. The van der Waals surface area contributed by atoms with Crippen LogP contribution < -0.4 is 5.32 Å². The minimum atomic E-state index is -2.40. The molecule has 2 rings (SSSR count). The third-order valence-corrected chi connectivity index (χ3v) is 4.13. The van der Waals surface area contributed by atoms with Crippen LogP contribution in [0.25, 0.3) is 0 Å². The molecule has 0 heterocycles. The van der Waals surface area contributed by atoms with Gasteiger partial charge in [-0.1, -0.05) is 13.8 Å². The third-order valence-electron chi connectivity index (χ3n) is 4.13. The lowest BCUT2D eigenvalue weighted by Gasteiger charge is -2.13. The smallest absolute Gasteiger partial charge is 0.200 e. The average molecular weight is 487 g/mol. The lowest BCUT2D eigenvalue weighted by Crippen LogP contribution is -2.18. The molecule has 33 heavy (non-hydrogen) atoms. The van der Waals surface area contributed by atoms with Gasteiger partial charge in [-0.05, 0) is 12.8 Å². The monoisotopic (exact) mass is 487 g/mol. The summed E-state index contributed by atoms with van der Waals surface area (Å²) >= 11 is 0. The fraction of sp³-hybridized carbons (Fsp3) is 0.300. The molecule has 0 amide bonds. The molecule has 0 aliphatic rings. The van der Waals surface area contributed by atoms with E-state index in [2.05, 4.69) is 9.98 Å². The summed E-state index contributed by atoms with van der Waals surface area (Å²) in [4.78, 5) is 7.15. The Morgan fingerprint density at radius 3 is 1.39 bits per heavy atom. The molecule has 0 aliphatic carbocycles. The van der Waals surface area contributed by atoms with Crippen molar-refractivity contribution >= 4 is 23.0 Å². The van der Waals surface area contributed by atoms with Crippen molar-refractivity contribution in [2.45, 2.75) is 39.5 Å². The van der Waals surface area contributed by atoms with Crippen LogP contribution in [0.2, 0.25) is 0 Å². The molecule has 0 spiro atoms. The topological polar surface area (TPSA) is 36.8 Å². The summed E-state index contributed by atoms with van der Waals surface area (Å²) in [7, 11) is 0. The van der Waals surface area contributed by atoms with Gasteiger partial charge in [0.05, 0.1) is 0 Å². The van der Waals surface area contributed by atoms with Crippen molar-refractivity contribution in [1.29, 1.82) is 0 Å². The highest BCUT2D eigenvalue weighted by molar-refractivity contribution is 6.04. The lowest BCUT2D eigenvalue weighted by molar-refractivity contribution is 0.381. The van der Waals surface area contributed by atoms with Gasteiger partial charge in [-0.15, -0.1) is 0 Å². The zero-order chi connectivity index (χ0) is 25.0. The number of benzene rings is 2. The predicted molar refractivity (Wildman–Crippen MR) is 100 cm³/mol. The van der Waals surface area contributed by atoms with Crippen LogP contribution in [0.4, 0.5) is 55.3 Å². The average Bonchev–Trinajstić information content (AvgIpc) is 2.79. The van der Waals surface area contributed by atoms with Gasteiger partial charge in [-0.3, -0.25) is 0 Å². The fourth-order valence-electron chi connectivity index (χ4n) is 2.58. The van der Waals surface area contributed by atoms with E-state index in [1.54, 1.807) is 13.8 Å². The first-order chi connectivity index (χ1) is 15.5. The number of hydrogen-bond donors (Lipinski definition) is 1. The highest BCUT2D eigenvalue weighted by atomic mass is 19.2. The molecule has 180 valence electrons. The number of hydrogen-bond acceptors (Lipinski definition) is 1. The largest absolute Gasteiger partial charge is 0.339 e. The lowest BCUT2D eigenvalue weighted by atomic mass is 10.2. The Morgan fingerprint density at radius 1 is 0.576 bits per heavy atom. The highest BCUT2D eigenvalue weighted by Gasteiger charge is 2.27. The summed E-state index contributed by atoms with van der Waals surface area (Å²) in [5.41, 5.74) is -2.99. The first-order valence-electron chi connectivity index (χ1n) is 9.41. The summed E-state index contributed by atoms with van der Waals surface area (Å²) in [6, 6.07) is 0. The quantitative estimate of drug-likeness (QED) is 0.151. The van der Waals surface area contributed by atoms with Crippen LogP contribution in [0.15, 0.2) is 9.98 Å². The Balaban J connectivity index is 2.64. The van der Waals surface area contributed by atoms with Crippen LogP contribution in [-0.4, -0.2) is 11.7 Å². The molecule has 0 radical (unpaired) electrons. The highest BCUT2D eigenvalue weighted by Crippen LogP contribution is 2.30. The Morgan fingerprint density at radius 2 is 0.970 bits per heavy atom. The number of anilines is 1. The SMILES string of the molecule is CCCC(=Nc1c(F)c(F)c(F)c(F)c1F)N=C(CCC)Nc1c(F)c(F)c(F)c(F)c1F. The Kier molecular flexibility index (Phi) is 8.45. The second kappa shape index (κ2) is 10.7. The first kappa shape index (κ1) is 26.1. The van der Waals surface area contributed by atoms with Crippen LogP contribution in [0.1, 0.15) is 39.5 Å². The van der Waals surface area contributed by atoms with Crippen molar-refractivity contribution in [2.75, 3.05) is 5.32 Å². The minimum Gasteiger partial charge on any atom is -0.339 e. The molecular formula is C20H15F10N3. The van der Waals surface area contributed by atoms with E-state index in [0.29, 0.717) is 0 Å². The van der Waals surface area contributed by atoms with E-state index in [4.69, 9.17) is 0 Å². The Hall–Kier alpha value is -3.12. The second-order valence-electron chi connectivity index (χ2n) is 6.57. The predicted octanol–water partition coefficient (Wildman–Crippen LogP) is 7.22. The molecule has 0 aromatic heterocycles. The van der Waals surface area contributed by atoms with Gasteiger partial charge < -0.3 is 5.32 Å². The van der Waals surface area contributed by atoms with E-state index in [1.165, 1.54) is 0 Å². The molecule has 2 aromatic rings. The Bertz CT molecular complexity index is 1070. The van der Waals surface area contributed by atoms with Crippen LogP contribution in [0.3, 0.4) is 0 Å². The van der Waals surface area contributed by atoms with Crippen molar-refractivity contribution in [3.8, 4) is 0 Å². The zero-order valence-electron chi connectivity index (χ0n) is 17.0. The van der Waals surface area contributed by atoms with E-state index in [1.807, 2.05) is 5.32 Å². The maximum atomic E-state index is 14.0. The summed E-state index contributed by atoms with van der Waals surface area (Å²) in [5, 5.41) is 1.94. The van der Waals surface area contributed by atoms with Gasteiger partial charge in [0.25, 0.3) is 0 Å². The summed E-state index contributed by atoms with van der Waals surface area (Å²) in [5.74, 6) is -23.5. The van der Waals surface area contributed by atoms with Gasteiger partial charge in [0, 0.05) is 12.8 Å². The molecule has 0 saturated carbocycles. The number of nitrogens with zero attached hydrogens (tertiary/aromatic N) is 2. The minimum absolute atomic E-state index is 0.167. The van der Waals surface area contributed by atoms with E-state index >= 15 is 0 Å². The maximum Gasteiger partial charge on any atom is 0.200 e. The van der Waals surface area contributed by atoms with Gasteiger partial charge in [0.15, 0.2) is 46.5 Å². The van der Waals surface area contributed by atoms with Gasteiger partial charge in [0.1, 0.15) is 23.0 Å². The van der Waals surface area contributed by atoms with Gasteiger partial charge in [0.2, 0.25) is 11.6 Å². The van der Waals surface area contributed by atoms with Crippen LogP contribution in [-0.2, 0) is 0 Å². The normalized spacial score (nSPS) is 12.5. The van der Waals surface area contributed by atoms with Gasteiger partial charge in [-0.25, -0.2) is 53.9 Å². The molecule has 2 aromatic carbocycles. The van der Waals surface area contributed by atoms with E-state index in [-0.39, 0.29) is 25.7 Å². The van der Waals surface area contributed by atoms with Gasteiger partial charge >= 0.3 is 0 Å². The number of nitrogens with one attached hydrogen (secondary N) is 1. The number of amidine groups is 2. The van der Waals surface area contributed by atoms with Crippen molar-refractivity contribution in [3.63, 3.8) is 0 Å². The third kappa shape index (κ3) is 5.28. The fourth-order valence-corrected chi connectivity index (χ4v) is 2.58. The van der Waals surface area contributed by atoms with Crippen molar-refractivity contribution in [3.05, 3.63) is 58.2 Å². The first-order valence-corrected chi connectivity index (χ1v) is 9.41. The summed E-state index contributed by atoms with van der Waals surface area (Å²) in [6.07, 6.45) is 0.0354. The summed E-state index contributed by atoms with van der Waals surface area (Å²) < 4.78 is 136. The van der Waals surface area contributed by atoms with Crippen LogP contribution in [0.5, 0.6) is 0 Å².